The summed E-state index contributed by atoms with van der Waals surface area (Å²) in [7, 11) is 0. The summed E-state index contributed by atoms with van der Waals surface area (Å²) in [4.78, 5) is 4.41. The van der Waals surface area contributed by atoms with Crippen LogP contribution in [0.4, 0.5) is 4.39 Å². The van der Waals surface area contributed by atoms with Crippen molar-refractivity contribution in [2.45, 2.75) is 26.1 Å². The lowest BCUT2D eigenvalue weighted by atomic mass is 10.1. The zero-order chi connectivity index (χ0) is 15.1. The topological polar surface area (TPSA) is 17.8 Å². The first-order chi connectivity index (χ1) is 10.0. The van der Waals surface area contributed by atoms with Gasteiger partial charge in [0.15, 0.2) is 5.82 Å². The third kappa shape index (κ3) is 2.22. The van der Waals surface area contributed by atoms with Crippen molar-refractivity contribution in [2.75, 3.05) is 0 Å². The number of nitrogens with zero attached hydrogens (tertiary/aromatic N) is 2. The lowest BCUT2D eigenvalue weighted by Gasteiger charge is -2.14. The molecule has 4 heteroatoms. The van der Waals surface area contributed by atoms with Crippen LogP contribution in [0.1, 0.15) is 29.3 Å². The summed E-state index contributed by atoms with van der Waals surface area (Å²) < 4.78 is 16.0. The van der Waals surface area contributed by atoms with Crippen LogP contribution in [0.3, 0.4) is 0 Å². The summed E-state index contributed by atoms with van der Waals surface area (Å²) in [6.07, 6.45) is 0. The van der Waals surface area contributed by atoms with E-state index in [0.717, 1.165) is 16.8 Å². The van der Waals surface area contributed by atoms with E-state index in [0.29, 0.717) is 11.3 Å². The highest BCUT2D eigenvalue weighted by Crippen LogP contribution is 2.31. The van der Waals surface area contributed by atoms with Crippen LogP contribution in [-0.4, -0.2) is 9.55 Å². The monoisotopic (exact) mass is 302 g/mol. The number of hydrogen-bond donors (Lipinski definition) is 0. The third-order valence-corrected chi connectivity index (χ3v) is 4.03. The van der Waals surface area contributed by atoms with Crippen molar-refractivity contribution in [3.63, 3.8) is 0 Å². The Bertz CT molecular complexity index is 821. The quantitative estimate of drug-likeness (QED) is 0.604. The smallest absolute Gasteiger partial charge is 0.151 e. The zero-order valence-corrected chi connectivity index (χ0v) is 12.9. The van der Waals surface area contributed by atoms with Crippen LogP contribution in [0.15, 0.2) is 36.4 Å². The molecule has 0 aliphatic carbocycles. The lowest BCUT2D eigenvalue weighted by Crippen LogP contribution is -2.04. The standard InChI is InChI=1S/C17H16ClFN2/c1-10-6-4-8-14(11(10)2)21-15-9-5-7-13(19)16(15)20-17(21)12(3)18/h4-9,12H,1-3H3. The molecular formula is C17H16ClFN2. The van der Waals surface area contributed by atoms with E-state index in [9.17, 15) is 4.39 Å². The van der Waals surface area contributed by atoms with E-state index in [4.69, 9.17) is 11.6 Å². The van der Waals surface area contributed by atoms with Crippen LogP contribution in [0.5, 0.6) is 0 Å². The number of fused-ring (bicyclic) bond motifs is 1. The van der Waals surface area contributed by atoms with Gasteiger partial charge in [0.25, 0.3) is 0 Å². The van der Waals surface area contributed by atoms with Crippen LogP contribution in [0.2, 0.25) is 0 Å². The molecule has 1 heterocycles. The number of imidazole rings is 1. The summed E-state index contributed by atoms with van der Waals surface area (Å²) >= 11 is 6.27. The summed E-state index contributed by atoms with van der Waals surface area (Å²) in [5.41, 5.74) is 4.41. The molecule has 1 atom stereocenters. The summed E-state index contributed by atoms with van der Waals surface area (Å²) in [5, 5.41) is -0.309. The molecule has 0 radical (unpaired) electrons. The third-order valence-electron chi connectivity index (χ3n) is 3.83. The molecule has 0 aliphatic rings. The van der Waals surface area contributed by atoms with Crippen molar-refractivity contribution < 1.29 is 4.39 Å². The van der Waals surface area contributed by atoms with Gasteiger partial charge < -0.3 is 0 Å². The molecule has 1 aromatic heterocycles. The molecule has 21 heavy (non-hydrogen) atoms. The molecule has 2 aromatic carbocycles. The summed E-state index contributed by atoms with van der Waals surface area (Å²) in [5.74, 6) is 0.334. The van der Waals surface area contributed by atoms with Crippen LogP contribution >= 0.6 is 11.6 Å². The number of alkyl halides is 1. The Labute approximate surface area is 128 Å². The Balaban J connectivity index is 2.43. The van der Waals surface area contributed by atoms with E-state index in [1.165, 1.54) is 11.6 Å². The lowest BCUT2D eigenvalue weighted by molar-refractivity contribution is 0.637. The maximum atomic E-state index is 14.0. The van der Waals surface area contributed by atoms with Gasteiger partial charge in [-0.3, -0.25) is 4.57 Å². The van der Waals surface area contributed by atoms with Gasteiger partial charge >= 0.3 is 0 Å². The maximum Gasteiger partial charge on any atom is 0.151 e. The van der Waals surface area contributed by atoms with Crippen LogP contribution in [-0.2, 0) is 0 Å². The molecule has 0 saturated carbocycles. The van der Waals surface area contributed by atoms with E-state index in [1.807, 2.05) is 29.7 Å². The number of benzene rings is 2. The van der Waals surface area contributed by atoms with Gasteiger partial charge in [-0.1, -0.05) is 18.2 Å². The number of aromatic nitrogens is 2. The van der Waals surface area contributed by atoms with Gasteiger partial charge in [0.2, 0.25) is 0 Å². The fourth-order valence-electron chi connectivity index (χ4n) is 2.58. The predicted molar refractivity (Wildman–Crippen MR) is 84.8 cm³/mol. The van der Waals surface area contributed by atoms with Gasteiger partial charge in [-0.25, -0.2) is 9.37 Å². The van der Waals surface area contributed by atoms with E-state index in [2.05, 4.69) is 24.9 Å². The summed E-state index contributed by atoms with van der Waals surface area (Å²) in [6, 6.07) is 11.1. The minimum Gasteiger partial charge on any atom is -0.295 e. The second-order valence-corrected chi connectivity index (χ2v) is 5.90. The highest BCUT2D eigenvalue weighted by atomic mass is 35.5. The van der Waals surface area contributed by atoms with Gasteiger partial charge in [0.05, 0.1) is 16.6 Å². The fraction of sp³-hybridized carbons (Fsp3) is 0.235. The van der Waals surface area contributed by atoms with Gasteiger partial charge in [-0.2, -0.15) is 0 Å². The Morgan fingerprint density at radius 3 is 2.57 bits per heavy atom. The average molecular weight is 303 g/mol. The molecule has 0 amide bonds. The minimum atomic E-state index is -0.324. The van der Waals surface area contributed by atoms with Crippen molar-refractivity contribution in [1.29, 1.82) is 0 Å². The zero-order valence-electron chi connectivity index (χ0n) is 12.2. The van der Waals surface area contributed by atoms with Crippen LogP contribution in [0, 0.1) is 19.7 Å². The van der Waals surface area contributed by atoms with Crippen molar-refractivity contribution >= 4 is 22.6 Å². The average Bonchev–Trinajstić information content (AvgIpc) is 2.83. The molecule has 0 N–H and O–H groups in total. The van der Waals surface area contributed by atoms with E-state index >= 15 is 0 Å². The maximum absolute atomic E-state index is 14.0. The molecule has 2 nitrogen and oxygen atoms in total. The SMILES string of the molecule is Cc1cccc(-n2c(C(C)Cl)nc3c(F)cccc32)c1C. The Morgan fingerprint density at radius 1 is 1.14 bits per heavy atom. The number of rotatable bonds is 2. The molecule has 1 unspecified atom stereocenters. The molecule has 3 aromatic rings. The minimum absolute atomic E-state index is 0.309. The number of halogens is 2. The second-order valence-electron chi connectivity index (χ2n) is 5.25. The Morgan fingerprint density at radius 2 is 1.86 bits per heavy atom. The van der Waals surface area contributed by atoms with Crippen LogP contribution in [0.25, 0.3) is 16.7 Å². The Kier molecular flexibility index (Phi) is 3.46. The van der Waals surface area contributed by atoms with Gasteiger partial charge in [-0.05, 0) is 50.1 Å². The van der Waals surface area contributed by atoms with E-state index < -0.39 is 0 Å². The fourth-order valence-corrected chi connectivity index (χ4v) is 2.73. The first-order valence-electron chi connectivity index (χ1n) is 6.88. The van der Waals surface area contributed by atoms with Gasteiger partial charge in [-0.15, -0.1) is 11.6 Å². The molecule has 0 saturated heterocycles. The van der Waals surface area contributed by atoms with Crippen molar-refractivity contribution in [3.05, 3.63) is 59.2 Å². The van der Waals surface area contributed by atoms with E-state index in [-0.39, 0.29) is 11.2 Å². The largest absolute Gasteiger partial charge is 0.295 e. The van der Waals surface area contributed by atoms with Gasteiger partial charge in [0, 0.05) is 0 Å². The van der Waals surface area contributed by atoms with Crippen molar-refractivity contribution in [2.24, 2.45) is 0 Å². The molecule has 3 rings (SSSR count). The first kappa shape index (κ1) is 14.1. The molecule has 0 aliphatic heterocycles. The van der Waals surface area contributed by atoms with E-state index in [1.54, 1.807) is 6.07 Å². The molecule has 108 valence electrons. The summed E-state index contributed by atoms with van der Waals surface area (Å²) in [6.45, 7) is 5.96. The first-order valence-corrected chi connectivity index (χ1v) is 7.32. The predicted octanol–water partition coefficient (Wildman–Crippen LogP) is 5.08. The van der Waals surface area contributed by atoms with Crippen molar-refractivity contribution in [3.8, 4) is 5.69 Å². The van der Waals surface area contributed by atoms with Gasteiger partial charge in [0.1, 0.15) is 11.3 Å². The highest BCUT2D eigenvalue weighted by molar-refractivity contribution is 6.20. The molecule has 0 fully saturated rings. The highest BCUT2D eigenvalue weighted by Gasteiger charge is 2.19. The number of aryl methyl sites for hydroxylation is 1. The Hall–Kier alpha value is -1.87. The second kappa shape index (κ2) is 5.15. The number of hydrogen-bond acceptors (Lipinski definition) is 1. The number of para-hydroxylation sites is 1. The van der Waals surface area contributed by atoms with Crippen LogP contribution < -0.4 is 0 Å². The molecule has 0 bridgehead atoms. The molecular weight excluding hydrogens is 287 g/mol. The molecule has 0 spiro atoms. The normalized spacial score (nSPS) is 12.8. The van der Waals surface area contributed by atoms with Crippen molar-refractivity contribution in [1.82, 2.24) is 9.55 Å².